The molecule has 0 fully saturated rings. The van der Waals surface area contributed by atoms with E-state index >= 15 is 0 Å². The molecule has 7 nitrogen and oxygen atoms in total. The van der Waals surface area contributed by atoms with E-state index in [9.17, 15) is 14.4 Å². The maximum Gasteiger partial charge on any atom is 0.408 e. The molecule has 0 radical (unpaired) electrons. The highest BCUT2D eigenvalue weighted by molar-refractivity contribution is 6.06. The Kier molecular flexibility index (Phi) is 8.63. The maximum absolute atomic E-state index is 13.0. The molecule has 1 rings (SSSR count). The molecular weight excluding hydrogens is 362 g/mol. The zero-order valence-electron chi connectivity index (χ0n) is 17.5. The number of esters is 1. The predicted octanol–water partition coefficient (Wildman–Crippen LogP) is 3.25. The van der Waals surface area contributed by atoms with Crippen LogP contribution in [0, 0.1) is 5.41 Å². The quantitative estimate of drug-likeness (QED) is 0.511. The second kappa shape index (κ2) is 10.2. The minimum absolute atomic E-state index is 0.101. The van der Waals surface area contributed by atoms with Crippen LogP contribution < -0.4 is 5.32 Å². The van der Waals surface area contributed by atoms with E-state index < -0.39 is 34.9 Å². The molecule has 1 aromatic carbocycles. The van der Waals surface area contributed by atoms with Gasteiger partial charge in [0.15, 0.2) is 5.78 Å². The minimum atomic E-state index is -1.44. The molecule has 7 heteroatoms. The Bertz CT molecular complexity index is 663. The third-order valence-electron chi connectivity index (χ3n) is 3.81. The number of hydrogen-bond acceptors (Lipinski definition) is 6. The van der Waals surface area contributed by atoms with Crippen LogP contribution in [-0.4, -0.2) is 42.7 Å². The van der Waals surface area contributed by atoms with Gasteiger partial charge in [0.1, 0.15) is 17.1 Å². The molecule has 0 unspecified atom stereocenters. The number of ketones is 1. The summed E-state index contributed by atoms with van der Waals surface area (Å²) in [6, 6.07) is 8.37. The van der Waals surface area contributed by atoms with E-state index in [-0.39, 0.29) is 19.8 Å². The first-order valence-corrected chi connectivity index (χ1v) is 9.30. The third kappa shape index (κ3) is 7.68. The number of amides is 1. The Hall–Kier alpha value is -2.41. The summed E-state index contributed by atoms with van der Waals surface area (Å²) in [7, 11) is 0. The monoisotopic (exact) mass is 393 g/mol. The number of benzene rings is 1. The van der Waals surface area contributed by atoms with Crippen molar-refractivity contribution in [1.82, 2.24) is 5.32 Å². The summed E-state index contributed by atoms with van der Waals surface area (Å²) in [5.41, 5.74) is -1.24. The molecule has 0 aliphatic heterocycles. The number of Topliss-reactive ketones (excluding diaryl/α,β-unsaturated/α-hetero) is 1. The van der Waals surface area contributed by atoms with Gasteiger partial charge in [0.2, 0.25) is 0 Å². The standard InChI is InChI=1S/C21H31NO6/c1-7-27-18(24)21(5,6)17(23)16(22-19(25)28-20(2,3)4)14-26-13-15-11-9-8-10-12-15/h8-12,16H,7,13-14H2,1-6H3,(H,22,25)/t16-/m0/s1. The highest BCUT2D eigenvalue weighted by atomic mass is 16.6. The van der Waals surface area contributed by atoms with Gasteiger partial charge in [0, 0.05) is 0 Å². The SMILES string of the molecule is CCOC(=O)C(C)(C)C(=O)[C@H](COCc1ccccc1)NC(=O)OC(C)(C)C. The fourth-order valence-electron chi connectivity index (χ4n) is 2.35. The molecule has 1 aromatic rings. The smallest absolute Gasteiger partial charge is 0.408 e. The van der Waals surface area contributed by atoms with Gasteiger partial charge in [-0.15, -0.1) is 0 Å². The minimum Gasteiger partial charge on any atom is -0.465 e. The van der Waals surface area contributed by atoms with Gasteiger partial charge in [-0.2, -0.15) is 0 Å². The van der Waals surface area contributed by atoms with Crippen LogP contribution in [0.4, 0.5) is 4.79 Å². The molecule has 0 aromatic heterocycles. The van der Waals surface area contributed by atoms with Crippen molar-refractivity contribution in [2.45, 2.75) is 59.8 Å². The molecule has 1 amide bonds. The third-order valence-corrected chi connectivity index (χ3v) is 3.81. The Balaban J connectivity index is 2.87. The van der Waals surface area contributed by atoms with E-state index in [1.807, 2.05) is 30.3 Å². The largest absolute Gasteiger partial charge is 0.465 e. The van der Waals surface area contributed by atoms with Crippen LogP contribution in [0.15, 0.2) is 30.3 Å². The topological polar surface area (TPSA) is 90.9 Å². The van der Waals surface area contributed by atoms with Crippen molar-refractivity contribution >= 4 is 17.8 Å². The molecule has 0 spiro atoms. The number of carbonyl (C=O) groups excluding carboxylic acids is 3. The molecule has 0 bridgehead atoms. The summed E-state index contributed by atoms with van der Waals surface area (Å²) in [6.45, 7) is 10.1. The van der Waals surface area contributed by atoms with Crippen molar-refractivity contribution in [2.75, 3.05) is 13.2 Å². The number of rotatable bonds is 9. The van der Waals surface area contributed by atoms with Crippen molar-refractivity contribution in [1.29, 1.82) is 0 Å². The molecule has 28 heavy (non-hydrogen) atoms. The Labute approximate surface area is 166 Å². The van der Waals surface area contributed by atoms with Crippen LogP contribution in [0.2, 0.25) is 0 Å². The Morgan fingerprint density at radius 2 is 1.64 bits per heavy atom. The maximum atomic E-state index is 13.0. The predicted molar refractivity (Wildman–Crippen MR) is 105 cm³/mol. The van der Waals surface area contributed by atoms with Crippen LogP contribution in [-0.2, 0) is 30.4 Å². The van der Waals surface area contributed by atoms with E-state index in [1.165, 1.54) is 13.8 Å². The number of nitrogens with one attached hydrogen (secondary N) is 1. The van der Waals surface area contributed by atoms with Gasteiger partial charge in [-0.25, -0.2) is 4.79 Å². The molecule has 0 aliphatic carbocycles. The van der Waals surface area contributed by atoms with Crippen molar-refractivity contribution in [3.8, 4) is 0 Å². The van der Waals surface area contributed by atoms with Crippen molar-refractivity contribution in [2.24, 2.45) is 5.41 Å². The summed E-state index contributed by atoms with van der Waals surface area (Å²) in [5.74, 6) is -1.16. The lowest BCUT2D eigenvalue weighted by Crippen LogP contribution is -2.52. The van der Waals surface area contributed by atoms with Gasteiger partial charge in [0.05, 0.1) is 19.8 Å². The lowest BCUT2D eigenvalue weighted by atomic mass is 9.84. The Morgan fingerprint density at radius 1 is 1.04 bits per heavy atom. The van der Waals surface area contributed by atoms with E-state index in [2.05, 4.69) is 5.32 Å². The second-order valence-corrected chi connectivity index (χ2v) is 7.91. The van der Waals surface area contributed by atoms with Gasteiger partial charge in [-0.05, 0) is 47.1 Å². The number of hydrogen-bond donors (Lipinski definition) is 1. The van der Waals surface area contributed by atoms with Crippen LogP contribution in [0.25, 0.3) is 0 Å². The van der Waals surface area contributed by atoms with Gasteiger partial charge >= 0.3 is 12.1 Å². The summed E-state index contributed by atoms with van der Waals surface area (Å²) in [4.78, 5) is 37.3. The second-order valence-electron chi connectivity index (χ2n) is 7.91. The van der Waals surface area contributed by atoms with Crippen molar-refractivity contribution in [3.05, 3.63) is 35.9 Å². The molecule has 0 heterocycles. The first-order valence-electron chi connectivity index (χ1n) is 9.30. The van der Waals surface area contributed by atoms with E-state index in [1.54, 1.807) is 27.7 Å². The van der Waals surface area contributed by atoms with E-state index in [4.69, 9.17) is 14.2 Å². The van der Waals surface area contributed by atoms with Gasteiger partial charge in [0.25, 0.3) is 0 Å². The zero-order valence-corrected chi connectivity index (χ0v) is 17.5. The zero-order chi connectivity index (χ0) is 21.4. The van der Waals surface area contributed by atoms with Crippen LogP contribution in [0.1, 0.15) is 47.1 Å². The van der Waals surface area contributed by atoms with Crippen LogP contribution in [0.5, 0.6) is 0 Å². The highest BCUT2D eigenvalue weighted by Crippen LogP contribution is 2.22. The normalized spacial score (nSPS) is 12.8. The molecule has 1 N–H and O–H groups in total. The number of carbonyl (C=O) groups is 3. The lowest BCUT2D eigenvalue weighted by molar-refractivity contribution is -0.159. The molecule has 0 aliphatic rings. The summed E-state index contributed by atoms with van der Waals surface area (Å²) in [6.07, 6.45) is -0.756. The average molecular weight is 393 g/mol. The van der Waals surface area contributed by atoms with E-state index in [0.29, 0.717) is 0 Å². The fourth-order valence-corrected chi connectivity index (χ4v) is 2.35. The van der Waals surface area contributed by atoms with Crippen molar-refractivity contribution < 1.29 is 28.6 Å². The first kappa shape index (κ1) is 23.6. The van der Waals surface area contributed by atoms with Crippen molar-refractivity contribution in [3.63, 3.8) is 0 Å². The molecular formula is C21H31NO6. The van der Waals surface area contributed by atoms with Gasteiger partial charge in [-0.3, -0.25) is 9.59 Å². The number of alkyl carbamates (subject to hydrolysis) is 1. The lowest BCUT2D eigenvalue weighted by Gasteiger charge is -2.28. The first-order chi connectivity index (χ1) is 13.0. The molecule has 0 saturated heterocycles. The molecule has 156 valence electrons. The fraction of sp³-hybridized carbons (Fsp3) is 0.571. The van der Waals surface area contributed by atoms with Crippen LogP contribution >= 0.6 is 0 Å². The summed E-state index contributed by atoms with van der Waals surface area (Å²) < 4.78 is 15.8. The van der Waals surface area contributed by atoms with Gasteiger partial charge < -0.3 is 19.5 Å². The Morgan fingerprint density at radius 3 is 2.18 bits per heavy atom. The highest BCUT2D eigenvalue weighted by Gasteiger charge is 2.42. The average Bonchev–Trinajstić information content (AvgIpc) is 2.59. The molecule has 1 atom stereocenters. The van der Waals surface area contributed by atoms with Gasteiger partial charge in [-0.1, -0.05) is 30.3 Å². The molecule has 0 saturated carbocycles. The van der Waals surface area contributed by atoms with Crippen LogP contribution in [0.3, 0.4) is 0 Å². The summed E-state index contributed by atoms with van der Waals surface area (Å²) >= 11 is 0. The van der Waals surface area contributed by atoms with E-state index in [0.717, 1.165) is 5.56 Å². The number of ether oxygens (including phenoxy) is 3. The summed E-state index contributed by atoms with van der Waals surface area (Å²) in [5, 5.41) is 2.52.